The molecule has 15 heavy (non-hydrogen) atoms. The largest absolute Gasteiger partial charge is 0.611 e. The Hall–Kier alpha value is -1.47. The van der Waals surface area contributed by atoms with Crippen LogP contribution in [-0.2, 0) is 4.79 Å². The second-order valence-corrected chi connectivity index (χ2v) is 3.34. The molecule has 1 aromatic carbocycles. The molecule has 0 amide bonds. The van der Waals surface area contributed by atoms with Crippen LogP contribution in [0, 0.1) is 5.21 Å². The van der Waals surface area contributed by atoms with Crippen molar-refractivity contribution in [3.63, 3.8) is 0 Å². The summed E-state index contributed by atoms with van der Waals surface area (Å²) >= 11 is 0. The Balaban J connectivity index is 2.26. The van der Waals surface area contributed by atoms with Gasteiger partial charge in [-0.3, -0.25) is 5.17 Å². The molecule has 4 N–H and O–H groups in total. The molecule has 0 aromatic heterocycles. The fraction of sp³-hybridized carbons (Fsp3) is 0.222. The average molecular weight is 209 g/mol. The molecule has 2 rings (SSSR count). The molecule has 1 aliphatic heterocycles. The molecule has 0 spiro atoms. The van der Waals surface area contributed by atoms with Crippen LogP contribution in [0.5, 0.6) is 0 Å². The smallest absolute Gasteiger partial charge is 0.366 e. The molecule has 0 bridgehead atoms. The Morgan fingerprint density at radius 3 is 2.67 bits per heavy atom. The van der Waals surface area contributed by atoms with Crippen molar-refractivity contribution >= 4 is 5.97 Å². The van der Waals surface area contributed by atoms with Crippen molar-refractivity contribution in [1.29, 1.82) is 0 Å². The highest BCUT2D eigenvalue weighted by Gasteiger charge is 2.40. The maximum absolute atomic E-state index is 11.2. The third-order valence-electron chi connectivity index (χ3n) is 2.39. The third-order valence-corrected chi connectivity index (χ3v) is 2.39. The summed E-state index contributed by atoms with van der Waals surface area (Å²) in [5, 5.41) is 19.7. The monoisotopic (exact) mass is 209 g/mol. The van der Waals surface area contributed by atoms with E-state index in [1.807, 2.05) is 6.07 Å². The Morgan fingerprint density at radius 2 is 2.07 bits per heavy atom. The number of benzene rings is 1. The van der Waals surface area contributed by atoms with Crippen molar-refractivity contribution in [2.24, 2.45) is 0 Å². The number of rotatable bonds is 2. The molecule has 0 saturated carbocycles. The Kier molecular flexibility index (Phi) is 2.65. The fourth-order valence-corrected chi connectivity index (χ4v) is 1.65. The van der Waals surface area contributed by atoms with E-state index in [2.05, 4.69) is 11.0 Å². The van der Waals surface area contributed by atoms with E-state index < -0.39 is 23.2 Å². The van der Waals surface area contributed by atoms with Crippen molar-refractivity contribution < 1.29 is 15.1 Å². The molecule has 1 aromatic rings. The molecule has 3 atom stereocenters. The van der Waals surface area contributed by atoms with Gasteiger partial charge in [0.1, 0.15) is 6.04 Å². The van der Waals surface area contributed by atoms with Crippen molar-refractivity contribution in [2.75, 3.05) is 0 Å². The van der Waals surface area contributed by atoms with E-state index in [0.717, 1.165) is 5.56 Å². The summed E-state index contributed by atoms with van der Waals surface area (Å²) in [7, 11) is 0. The van der Waals surface area contributed by atoms with Gasteiger partial charge in [0.25, 0.3) is 0 Å². The molecule has 1 fully saturated rings. The number of aliphatic carboxylic acids is 1. The number of carbonyl (C=O) groups is 1. The lowest BCUT2D eigenvalue weighted by Gasteiger charge is -2.20. The average Bonchev–Trinajstić information content (AvgIpc) is 2.61. The van der Waals surface area contributed by atoms with Gasteiger partial charge in [-0.1, -0.05) is 35.9 Å². The first-order chi connectivity index (χ1) is 7.20. The fourth-order valence-electron chi connectivity index (χ4n) is 1.65. The maximum atomic E-state index is 11.2. The molecule has 6 nitrogen and oxygen atoms in total. The van der Waals surface area contributed by atoms with E-state index in [4.69, 9.17) is 5.11 Å². The highest BCUT2D eigenvalue weighted by Crippen LogP contribution is 2.16. The van der Waals surface area contributed by atoms with E-state index in [9.17, 15) is 10.0 Å². The predicted octanol–water partition coefficient (Wildman–Crippen LogP) is -1.41. The summed E-state index contributed by atoms with van der Waals surface area (Å²) in [5.74, 6) is -1.12. The quantitative estimate of drug-likeness (QED) is 0.449. The summed E-state index contributed by atoms with van der Waals surface area (Å²) in [6.07, 6.45) is 0. The van der Waals surface area contributed by atoms with Gasteiger partial charge >= 0.3 is 5.97 Å². The summed E-state index contributed by atoms with van der Waals surface area (Å²) in [5.41, 5.74) is 5.78. The van der Waals surface area contributed by atoms with Crippen LogP contribution >= 0.6 is 0 Å². The lowest BCUT2D eigenvalue weighted by atomic mass is 10.0. The van der Waals surface area contributed by atoms with E-state index >= 15 is 0 Å². The highest BCUT2D eigenvalue weighted by atomic mass is 16.6. The van der Waals surface area contributed by atoms with Crippen LogP contribution in [0.3, 0.4) is 0 Å². The summed E-state index contributed by atoms with van der Waals surface area (Å²) in [4.78, 5) is 10.9. The number of hydrogen-bond donors (Lipinski definition) is 4. The van der Waals surface area contributed by atoms with E-state index in [0.29, 0.717) is 0 Å². The first kappa shape index (κ1) is 10.1. The number of quaternary nitrogens is 1. The Bertz CT molecular complexity index is 357. The second-order valence-electron chi connectivity index (χ2n) is 3.34. The first-order valence-corrected chi connectivity index (χ1v) is 4.53. The molecule has 1 aliphatic rings. The number of hydroxylamine groups is 1. The van der Waals surface area contributed by atoms with Crippen LogP contribution in [0.2, 0.25) is 0 Å². The number of carboxylic acids is 1. The predicted molar refractivity (Wildman–Crippen MR) is 51.2 cm³/mol. The lowest BCUT2D eigenvalue weighted by Crippen LogP contribution is -3.16. The third kappa shape index (κ3) is 1.83. The summed E-state index contributed by atoms with van der Waals surface area (Å²) < 4.78 is 0. The van der Waals surface area contributed by atoms with Gasteiger partial charge in [0.2, 0.25) is 6.04 Å². The molecule has 1 saturated heterocycles. The van der Waals surface area contributed by atoms with Gasteiger partial charge in [0.05, 0.1) is 0 Å². The standard InChI is InChI=1S/C9H11N3O3/c13-9(14)8-7(10-11-12(8)15)6-4-2-1-3-5-6/h1-5,7-8,10-12H,(H,13,14). The van der Waals surface area contributed by atoms with Gasteiger partial charge in [-0.15, -0.1) is 0 Å². The van der Waals surface area contributed by atoms with Gasteiger partial charge in [-0.2, -0.15) is 5.43 Å². The molecular formula is C9H11N3O3. The zero-order valence-corrected chi connectivity index (χ0v) is 7.81. The highest BCUT2D eigenvalue weighted by molar-refractivity contribution is 5.73. The molecule has 3 unspecified atom stereocenters. The number of carboxylic acid groups (broad SMARTS) is 1. The van der Waals surface area contributed by atoms with Crippen LogP contribution in [-0.4, -0.2) is 17.1 Å². The minimum atomic E-state index is -1.12. The molecule has 80 valence electrons. The lowest BCUT2D eigenvalue weighted by molar-refractivity contribution is -0.901. The van der Waals surface area contributed by atoms with Gasteiger partial charge in [-0.05, 0) is 5.56 Å². The van der Waals surface area contributed by atoms with E-state index in [1.165, 1.54) is 0 Å². The number of nitrogens with one attached hydrogen (secondary N) is 3. The van der Waals surface area contributed by atoms with Gasteiger partial charge in [0.15, 0.2) is 0 Å². The minimum absolute atomic E-state index is 0.503. The van der Waals surface area contributed by atoms with Crippen LogP contribution in [0.1, 0.15) is 11.6 Å². The second kappa shape index (κ2) is 3.95. The molecule has 6 heteroatoms. The number of hydrogen-bond acceptors (Lipinski definition) is 4. The van der Waals surface area contributed by atoms with Crippen molar-refractivity contribution in [1.82, 2.24) is 11.0 Å². The van der Waals surface area contributed by atoms with Crippen LogP contribution in [0.4, 0.5) is 0 Å². The molecule has 0 radical (unpaired) electrons. The van der Waals surface area contributed by atoms with Gasteiger partial charge in [0, 0.05) is 0 Å². The van der Waals surface area contributed by atoms with Crippen molar-refractivity contribution in [3.05, 3.63) is 41.1 Å². The first-order valence-electron chi connectivity index (χ1n) is 4.53. The van der Waals surface area contributed by atoms with Gasteiger partial charge in [-0.25, -0.2) is 4.79 Å². The Labute approximate surface area is 86.0 Å². The zero-order valence-electron chi connectivity index (χ0n) is 7.81. The summed E-state index contributed by atoms with van der Waals surface area (Å²) in [6, 6.07) is 7.45. The topological polar surface area (TPSA) is 88.9 Å². The molecule has 0 aliphatic carbocycles. The SMILES string of the molecule is O=C(O)C1C(c2ccccc2)NN[NH+]1[O-]. The van der Waals surface area contributed by atoms with Crippen LogP contribution in [0.15, 0.2) is 30.3 Å². The number of hydrazine groups is 1. The van der Waals surface area contributed by atoms with Crippen LogP contribution in [0.25, 0.3) is 0 Å². The molecular weight excluding hydrogens is 198 g/mol. The maximum Gasteiger partial charge on any atom is 0.366 e. The van der Waals surface area contributed by atoms with Crippen molar-refractivity contribution in [2.45, 2.75) is 12.1 Å². The minimum Gasteiger partial charge on any atom is -0.611 e. The normalized spacial score (nSPS) is 30.3. The van der Waals surface area contributed by atoms with E-state index in [-0.39, 0.29) is 0 Å². The molecule has 1 heterocycles. The zero-order chi connectivity index (χ0) is 10.8. The van der Waals surface area contributed by atoms with Gasteiger partial charge < -0.3 is 10.3 Å². The Morgan fingerprint density at radius 1 is 1.40 bits per heavy atom. The van der Waals surface area contributed by atoms with Crippen LogP contribution < -0.4 is 16.1 Å². The van der Waals surface area contributed by atoms with E-state index in [1.54, 1.807) is 24.3 Å². The van der Waals surface area contributed by atoms with Crippen molar-refractivity contribution in [3.8, 4) is 0 Å². The summed E-state index contributed by atoms with van der Waals surface area (Å²) in [6.45, 7) is 0.